The van der Waals surface area contributed by atoms with Crippen molar-refractivity contribution in [2.24, 2.45) is 5.92 Å². The SMILES string of the molecule is CCCCCCCCCCCCC1(Cl)C=C(Cl)C=CC1C(=O)O. The van der Waals surface area contributed by atoms with Gasteiger partial charge in [-0.15, -0.1) is 11.6 Å². The molecule has 0 bridgehead atoms. The van der Waals surface area contributed by atoms with Gasteiger partial charge in [0.15, 0.2) is 0 Å². The third kappa shape index (κ3) is 7.76. The summed E-state index contributed by atoms with van der Waals surface area (Å²) >= 11 is 12.6. The molecule has 2 atom stereocenters. The average Bonchev–Trinajstić information content (AvgIpc) is 2.48. The first-order valence-electron chi connectivity index (χ1n) is 8.98. The summed E-state index contributed by atoms with van der Waals surface area (Å²) in [5.74, 6) is -1.58. The number of carboxylic acids is 1. The van der Waals surface area contributed by atoms with Crippen molar-refractivity contribution in [2.45, 2.75) is 82.4 Å². The highest BCUT2D eigenvalue weighted by Gasteiger charge is 2.39. The van der Waals surface area contributed by atoms with Gasteiger partial charge in [0.2, 0.25) is 0 Å². The van der Waals surface area contributed by atoms with E-state index in [0.717, 1.165) is 12.8 Å². The first-order chi connectivity index (χ1) is 11.0. The number of hydrogen-bond acceptors (Lipinski definition) is 1. The number of rotatable bonds is 12. The Bertz CT molecular complexity index is 418. The van der Waals surface area contributed by atoms with E-state index in [4.69, 9.17) is 23.2 Å². The van der Waals surface area contributed by atoms with Gasteiger partial charge in [0.05, 0.1) is 10.8 Å². The molecule has 4 heteroatoms. The number of aliphatic carboxylic acids is 1. The number of carboxylic acid groups (broad SMARTS) is 1. The van der Waals surface area contributed by atoms with Crippen LogP contribution in [0.1, 0.15) is 77.6 Å². The molecule has 1 N–H and O–H groups in total. The van der Waals surface area contributed by atoms with Crippen LogP contribution < -0.4 is 0 Å². The minimum atomic E-state index is -0.885. The lowest BCUT2D eigenvalue weighted by atomic mass is 9.83. The van der Waals surface area contributed by atoms with E-state index >= 15 is 0 Å². The van der Waals surface area contributed by atoms with Crippen LogP contribution in [0.4, 0.5) is 0 Å². The maximum Gasteiger partial charge on any atom is 0.312 e. The molecule has 0 aromatic rings. The molecule has 23 heavy (non-hydrogen) atoms. The summed E-state index contributed by atoms with van der Waals surface area (Å²) < 4.78 is 0. The summed E-state index contributed by atoms with van der Waals surface area (Å²) in [6, 6.07) is 0. The van der Waals surface area contributed by atoms with Gasteiger partial charge in [0, 0.05) is 5.03 Å². The van der Waals surface area contributed by atoms with Gasteiger partial charge < -0.3 is 5.11 Å². The number of alkyl halides is 1. The molecule has 2 nitrogen and oxygen atoms in total. The van der Waals surface area contributed by atoms with Crippen molar-refractivity contribution in [2.75, 3.05) is 0 Å². The van der Waals surface area contributed by atoms with Crippen LogP contribution >= 0.6 is 23.2 Å². The molecular weight excluding hydrogens is 331 g/mol. The highest BCUT2D eigenvalue weighted by atomic mass is 35.5. The Morgan fingerprint density at radius 3 is 2.13 bits per heavy atom. The fourth-order valence-corrected chi connectivity index (χ4v) is 3.85. The molecule has 0 heterocycles. The molecule has 0 aliphatic heterocycles. The predicted molar refractivity (Wildman–Crippen MR) is 99.2 cm³/mol. The van der Waals surface area contributed by atoms with Crippen molar-refractivity contribution in [3.63, 3.8) is 0 Å². The molecule has 0 saturated heterocycles. The Hall–Kier alpha value is -0.470. The van der Waals surface area contributed by atoms with Crippen LogP contribution in [0.5, 0.6) is 0 Å². The van der Waals surface area contributed by atoms with E-state index in [9.17, 15) is 9.90 Å². The van der Waals surface area contributed by atoms with Gasteiger partial charge in [-0.1, -0.05) is 88.8 Å². The Labute approximate surface area is 150 Å². The van der Waals surface area contributed by atoms with Gasteiger partial charge in [-0.25, -0.2) is 0 Å². The molecule has 0 amide bonds. The van der Waals surface area contributed by atoms with Gasteiger partial charge in [-0.2, -0.15) is 0 Å². The van der Waals surface area contributed by atoms with E-state index in [1.165, 1.54) is 51.4 Å². The number of allylic oxidation sites excluding steroid dienone is 3. The molecule has 1 aliphatic rings. The lowest BCUT2D eigenvalue weighted by Gasteiger charge is -2.30. The van der Waals surface area contributed by atoms with Crippen molar-refractivity contribution in [1.29, 1.82) is 0 Å². The van der Waals surface area contributed by atoms with Gasteiger partial charge in [0.25, 0.3) is 0 Å². The van der Waals surface area contributed by atoms with Crippen molar-refractivity contribution in [3.05, 3.63) is 23.3 Å². The third-order valence-corrected chi connectivity index (χ3v) is 5.29. The number of carbonyl (C=O) groups is 1. The van der Waals surface area contributed by atoms with Crippen molar-refractivity contribution >= 4 is 29.2 Å². The first-order valence-corrected chi connectivity index (χ1v) is 9.73. The summed E-state index contributed by atoms with van der Waals surface area (Å²) in [7, 11) is 0. The van der Waals surface area contributed by atoms with E-state index < -0.39 is 16.8 Å². The zero-order valence-corrected chi connectivity index (χ0v) is 15.7. The summed E-state index contributed by atoms with van der Waals surface area (Å²) in [5.41, 5.74) is 0. The zero-order chi connectivity index (χ0) is 17.1. The molecular formula is C19H30Cl2O2. The first kappa shape index (κ1) is 20.6. The van der Waals surface area contributed by atoms with Crippen molar-refractivity contribution in [3.8, 4) is 0 Å². The van der Waals surface area contributed by atoms with Crippen LogP contribution in [-0.2, 0) is 4.79 Å². The lowest BCUT2D eigenvalue weighted by Crippen LogP contribution is -2.36. The molecule has 132 valence electrons. The summed E-state index contributed by atoms with van der Waals surface area (Å²) in [6.45, 7) is 2.24. The fraction of sp³-hybridized carbons (Fsp3) is 0.737. The Balaban J connectivity index is 2.19. The normalized spacial score (nSPS) is 23.8. The van der Waals surface area contributed by atoms with E-state index in [1.54, 1.807) is 18.2 Å². The quantitative estimate of drug-likeness (QED) is 0.311. The van der Waals surface area contributed by atoms with Crippen LogP contribution in [0.15, 0.2) is 23.3 Å². The highest BCUT2D eigenvalue weighted by molar-refractivity contribution is 6.34. The number of unbranched alkanes of at least 4 members (excludes halogenated alkanes) is 9. The second kappa shape index (κ2) is 11.1. The molecule has 0 fully saturated rings. The van der Waals surface area contributed by atoms with Gasteiger partial charge in [0.1, 0.15) is 0 Å². The fourth-order valence-electron chi connectivity index (χ4n) is 3.11. The monoisotopic (exact) mass is 360 g/mol. The van der Waals surface area contributed by atoms with Crippen LogP contribution in [0.2, 0.25) is 0 Å². The molecule has 1 aliphatic carbocycles. The Morgan fingerprint density at radius 2 is 1.61 bits per heavy atom. The second-order valence-electron chi connectivity index (χ2n) is 6.56. The zero-order valence-electron chi connectivity index (χ0n) is 14.2. The van der Waals surface area contributed by atoms with Crippen LogP contribution in [0.25, 0.3) is 0 Å². The Kier molecular flexibility index (Phi) is 9.97. The molecule has 0 spiro atoms. The number of halogens is 2. The van der Waals surface area contributed by atoms with E-state index in [2.05, 4.69) is 6.92 Å². The molecule has 0 saturated carbocycles. The molecule has 1 rings (SSSR count). The maximum atomic E-state index is 11.4. The lowest BCUT2D eigenvalue weighted by molar-refractivity contribution is -0.140. The average molecular weight is 361 g/mol. The largest absolute Gasteiger partial charge is 0.481 e. The van der Waals surface area contributed by atoms with Crippen LogP contribution in [-0.4, -0.2) is 16.0 Å². The van der Waals surface area contributed by atoms with Crippen molar-refractivity contribution in [1.82, 2.24) is 0 Å². The molecule has 0 radical (unpaired) electrons. The van der Waals surface area contributed by atoms with Gasteiger partial charge in [-0.3, -0.25) is 4.79 Å². The second-order valence-corrected chi connectivity index (χ2v) is 7.70. The minimum Gasteiger partial charge on any atom is -0.481 e. The molecule has 0 aromatic carbocycles. The van der Waals surface area contributed by atoms with Gasteiger partial charge >= 0.3 is 5.97 Å². The van der Waals surface area contributed by atoms with Crippen LogP contribution in [0, 0.1) is 5.92 Å². The standard InChI is InChI=1S/C19H30Cl2O2/c1-2-3-4-5-6-7-8-9-10-11-14-19(21)15-16(20)12-13-17(19)18(22)23/h12-13,15,17H,2-11,14H2,1H3,(H,22,23). The Morgan fingerprint density at radius 1 is 1.09 bits per heavy atom. The van der Waals surface area contributed by atoms with Crippen LogP contribution in [0.3, 0.4) is 0 Å². The summed E-state index contributed by atoms with van der Waals surface area (Å²) in [5, 5.41) is 9.85. The smallest absolute Gasteiger partial charge is 0.312 e. The molecule has 2 unspecified atom stereocenters. The topological polar surface area (TPSA) is 37.3 Å². The van der Waals surface area contributed by atoms with Gasteiger partial charge in [-0.05, 0) is 18.6 Å². The molecule has 0 aromatic heterocycles. The summed E-state index contributed by atoms with van der Waals surface area (Å²) in [4.78, 5) is 10.5. The van der Waals surface area contributed by atoms with E-state index in [-0.39, 0.29) is 0 Å². The van der Waals surface area contributed by atoms with E-state index in [1.807, 2.05) is 0 Å². The van der Waals surface area contributed by atoms with E-state index in [0.29, 0.717) is 11.5 Å². The predicted octanol–water partition coefficient (Wildman–Crippen LogP) is 6.67. The highest BCUT2D eigenvalue weighted by Crippen LogP contribution is 2.39. The maximum absolute atomic E-state index is 11.4. The third-order valence-electron chi connectivity index (χ3n) is 4.52. The minimum absolute atomic E-state index is 0.532. The van der Waals surface area contributed by atoms with Crippen molar-refractivity contribution < 1.29 is 9.90 Å². The number of hydrogen-bond donors (Lipinski definition) is 1. The summed E-state index contributed by atoms with van der Waals surface area (Å²) in [6.07, 6.45) is 18.1.